The smallest absolute Gasteiger partial charge is 0.0115 e. The summed E-state index contributed by atoms with van der Waals surface area (Å²) in [6.07, 6.45) is 0.853. The third-order valence-corrected chi connectivity index (χ3v) is 2.05. The Labute approximate surface area is 78.9 Å². The molecule has 0 nitrogen and oxygen atoms in total. The topological polar surface area (TPSA) is 0 Å². The molecule has 0 fully saturated rings. The molecule has 0 aliphatic rings. The van der Waals surface area contributed by atoms with Crippen molar-refractivity contribution in [1.29, 1.82) is 0 Å². The van der Waals surface area contributed by atoms with Crippen molar-refractivity contribution in [2.24, 2.45) is 0 Å². The molecule has 0 spiro atoms. The normalized spacial score (nSPS) is 12.5. The summed E-state index contributed by atoms with van der Waals surface area (Å²) in [6, 6.07) is 10.3. The molecule has 0 aliphatic carbocycles. The van der Waals surface area contributed by atoms with Crippen LogP contribution in [0, 0.1) is 0 Å². The van der Waals surface area contributed by atoms with E-state index in [1.807, 2.05) is 18.2 Å². The van der Waals surface area contributed by atoms with Gasteiger partial charge in [0.25, 0.3) is 0 Å². The van der Waals surface area contributed by atoms with Gasteiger partial charge >= 0.3 is 0 Å². The molecule has 0 N–H and O–H groups in total. The van der Waals surface area contributed by atoms with Gasteiger partial charge in [-0.1, -0.05) is 55.4 Å². The molecule has 0 amide bonds. The lowest BCUT2D eigenvalue weighted by Crippen LogP contribution is -1.91. The second-order valence-corrected chi connectivity index (χ2v) is 3.57. The van der Waals surface area contributed by atoms with E-state index in [4.69, 9.17) is 11.6 Å². The molecule has 0 aliphatic heterocycles. The molecule has 0 saturated heterocycles. The lowest BCUT2D eigenvalue weighted by Gasteiger charge is -2.09. The fourth-order valence-corrected chi connectivity index (χ4v) is 1.46. The zero-order valence-electron chi connectivity index (χ0n) is 7.26. The maximum absolute atomic E-state index is 5.73. The van der Waals surface area contributed by atoms with Crippen molar-refractivity contribution in [3.05, 3.63) is 47.5 Å². The number of hydrogen-bond donors (Lipinski definition) is 0. The van der Waals surface area contributed by atoms with Crippen LogP contribution in [-0.4, -0.2) is 0 Å². The summed E-state index contributed by atoms with van der Waals surface area (Å²) >= 11 is 5.73. The van der Waals surface area contributed by atoms with Gasteiger partial charge in [-0.25, -0.2) is 0 Å². The number of halogens is 1. The fourth-order valence-electron chi connectivity index (χ4n) is 1.23. The number of benzene rings is 1. The largest absolute Gasteiger partial charge is 0.0898 e. The summed E-state index contributed by atoms with van der Waals surface area (Å²) in [7, 11) is 0. The van der Waals surface area contributed by atoms with Gasteiger partial charge in [0.1, 0.15) is 0 Å². The predicted molar refractivity (Wildman–Crippen MR) is 54.5 cm³/mol. The monoisotopic (exact) mass is 180 g/mol. The molecule has 0 radical (unpaired) electrons. The summed E-state index contributed by atoms with van der Waals surface area (Å²) in [4.78, 5) is 0. The standard InChI is InChI=1S/C11H13Cl/c1-9(8-10(2)12)11-6-4-3-5-7-11/h3-7,9H,2,8H2,1H3. The average Bonchev–Trinajstić information content (AvgIpc) is 2.05. The van der Waals surface area contributed by atoms with Gasteiger partial charge in [0, 0.05) is 5.03 Å². The first-order valence-electron chi connectivity index (χ1n) is 4.08. The fraction of sp³-hybridized carbons (Fsp3) is 0.273. The maximum Gasteiger partial charge on any atom is 0.0115 e. The number of hydrogen-bond acceptors (Lipinski definition) is 0. The Balaban J connectivity index is 2.65. The van der Waals surface area contributed by atoms with Gasteiger partial charge in [0.15, 0.2) is 0 Å². The van der Waals surface area contributed by atoms with E-state index in [1.165, 1.54) is 5.56 Å². The SMILES string of the molecule is C=C(Cl)CC(C)c1ccccc1. The van der Waals surface area contributed by atoms with Gasteiger partial charge in [-0.15, -0.1) is 0 Å². The minimum Gasteiger partial charge on any atom is -0.0898 e. The Bertz CT molecular complexity index is 251. The van der Waals surface area contributed by atoms with Gasteiger partial charge in [-0.05, 0) is 17.9 Å². The van der Waals surface area contributed by atoms with Crippen LogP contribution in [0.15, 0.2) is 41.9 Å². The molecule has 12 heavy (non-hydrogen) atoms. The Morgan fingerprint density at radius 1 is 1.42 bits per heavy atom. The zero-order chi connectivity index (χ0) is 8.97. The molecule has 1 aromatic carbocycles. The van der Waals surface area contributed by atoms with Crippen LogP contribution in [0.1, 0.15) is 24.8 Å². The van der Waals surface area contributed by atoms with Crippen LogP contribution in [0.4, 0.5) is 0 Å². The molecule has 1 heteroatoms. The Morgan fingerprint density at radius 3 is 2.50 bits per heavy atom. The van der Waals surface area contributed by atoms with Gasteiger partial charge < -0.3 is 0 Å². The molecule has 1 aromatic rings. The Morgan fingerprint density at radius 2 is 2.00 bits per heavy atom. The van der Waals surface area contributed by atoms with Crippen molar-refractivity contribution >= 4 is 11.6 Å². The summed E-state index contributed by atoms with van der Waals surface area (Å²) < 4.78 is 0. The van der Waals surface area contributed by atoms with Crippen molar-refractivity contribution in [2.45, 2.75) is 19.3 Å². The molecule has 1 rings (SSSR count). The highest BCUT2D eigenvalue weighted by Crippen LogP contribution is 2.23. The van der Waals surface area contributed by atoms with E-state index >= 15 is 0 Å². The third-order valence-electron chi connectivity index (χ3n) is 1.90. The summed E-state index contributed by atoms with van der Waals surface area (Å²) in [5, 5.41) is 0.728. The van der Waals surface area contributed by atoms with Crippen LogP contribution < -0.4 is 0 Å². The maximum atomic E-state index is 5.73. The van der Waals surface area contributed by atoms with Crippen molar-refractivity contribution in [3.8, 4) is 0 Å². The van der Waals surface area contributed by atoms with E-state index in [0.29, 0.717) is 5.92 Å². The van der Waals surface area contributed by atoms with Crippen LogP contribution in [-0.2, 0) is 0 Å². The van der Waals surface area contributed by atoms with Crippen LogP contribution in [0.25, 0.3) is 0 Å². The molecular formula is C11H13Cl. The van der Waals surface area contributed by atoms with Crippen LogP contribution in [0.5, 0.6) is 0 Å². The second-order valence-electron chi connectivity index (χ2n) is 3.03. The van der Waals surface area contributed by atoms with Crippen molar-refractivity contribution < 1.29 is 0 Å². The van der Waals surface area contributed by atoms with Crippen molar-refractivity contribution in [3.63, 3.8) is 0 Å². The Hall–Kier alpha value is -0.750. The molecule has 0 aromatic heterocycles. The van der Waals surface area contributed by atoms with E-state index in [1.54, 1.807) is 0 Å². The first kappa shape index (κ1) is 9.34. The summed E-state index contributed by atoms with van der Waals surface area (Å²) in [5.41, 5.74) is 1.32. The molecule has 0 bridgehead atoms. The lowest BCUT2D eigenvalue weighted by atomic mass is 9.98. The van der Waals surface area contributed by atoms with E-state index in [-0.39, 0.29) is 0 Å². The van der Waals surface area contributed by atoms with Gasteiger partial charge in [0.2, 0.25) is 0 Å². The second kappa shape index (κ2) is 4.32. The molecule has 1 unspecified atom stereocenters. The molecule has 1 atom stereocenters. The quantitative estimate of drug-likeness (QED) is 0.661. The first-order valence-corrected chi connectivity index (χ1v) is 4.46. The van der Waals surface area contributed by atoms with Gasteiger partial charge in [-0.2, -0.15) is 0 Å². The van der Waals surface area contributed by atoms with E-state index in [9.17, 15) is 0 Å². The molecular weight excluding hydrogens is 168 g/mol. The summed E-state index contributed by atoms with van der Waals surface area (Å²) in [5.74, 6) is 0.469. The van der Waals surface area contributed by atoms with Crippen molar-refractivity contribution in [1.82, 2.24) is 0 Å². The summed E-state index contributed by atoms with van der Waals surface area (Å²) in [6.45, 7) is 5.84. The van der Waals surface area contributed by atoms with Gasteiger partial charge in [0.05, 0.1) is 0 Å². The minimum atomic E-state index is 0.469. The zero-order valence-corrected chi connectivity index (χ0v) is 8.01. The van der Waals surface area contributed by atoms with E-state index in [2.05, 4.69) is 25.6 Å². The Kier molecular flexibility index (Phi) is 3.36. The molecule has 0 saturated carbocycles. The molecule has 0 heterocycles. The molecule has 64 valence electrons. The van der Waals surface area contributed by atoms with Gasteiger partial charge in [-0.3, -0.25) is 0 Å². The number of allylic oxidation sites excluding steroid dienone is 1. The number of rotatable bonds is 3. The van der Waals surface area contributed by atoms with E-state index in [0.717, 1.165) is 11.5 Å². The first-order chi connectivity index (χ1) is 5.70. The highest BCUT2D eigenvalue weighted by atomic mass is 35.5. The predicted octanol–water partition coefficient (Wildman–Crippen LogP) is 3.93. The third kappa shape index (κ3) is 2.71. The van der Waals surface area contributed by atoms with E-state index < -0.39 is 0 Å². The van der Waals surface area contributed by atoms with Crippen molar-refractivity contribution in [2.75, 3.05) is 0 Å². The van der Waals surface area contributed by atoms with Crippen LogP contribution in [0.2, 0.25) is 0 Å². The van der Waals surface area contributed by atoms with Crippen LogP contribution in [0.3, 0.4) is 0 Å². The lowest BCUT2D eigenvalue weighted by molar-refractivity contribution is 0.774. The minimum absolute atomic E-state index is 0.469. The highest BCUT2D eigenvalue weighted by Gasteiger charge is 2.04. The average molecular weight is 181 g/mol. The van der Waals surface area contributed by atoms with Crippen LogP contribution >= 0.6 is 11.6 Å². The highest BCUT2D eigenvalue weighted by molar-refractivity contribution is 6.29.